The molecule has 1 fully saturated rings. The van der Waals surface area contributed by atoms with Crippen molar-refractivity contribution in [3.05, 3.63) is 46.3 Å². The Labute approximate surface area is 136 Å². The summed E-state index contributed by atoms with van der Waals surface area (Å²) in [6, 6.07) is 7.56. The predicted molar refractivity (Wildman–Crippen MR) is 90.5 cm³/mol. The second-order valence-corrected chi connectivity index (χ2v) is 6.34. The number of ether oxygens (including phenoxy) is 1. The average Bonchev–Trinajstić information content (AvgIpc) is 3.13. The monoisotopic (exact) mass is 331 g/mol. The SMILES string of the molecule is COc1ccc(/C=C2\S/C(=N/c3nccs3)N(C)C2=O)cc1. The number of amides is 1. The maximum absolute atomic E-state index is 12.3. The summed E-state index contributed by atoms with van der Waals surface area (Å²) >= 11 is 2.79. The van der Waals surface area contributed by atoms with Crippen LogP contribution in [0.25, 0.3) is 6.08 Å². The van der Waals surface area contributed by atoms with Crippen molar-refractivity contribution >= 4 is 45.4 Å². The molecule has 0 unspecified atom stereocenters. The lowest BCUT2D eigenvalue weighted by atomic mass is 10.2. The number of hydrogen-bond donors (Lipinski definition) is 0. The molecular weight excluding hydrogens is 318 g/mol. The minimum absolute atomic E-state index is 0.0591. The van der Waals surface area contributed by atoms with Gasteiger partial charge in [-0.2, -0.15) is 4.99 Å². The second-order valence-electron chi connectivity index (χ2n) is 4.46. The zero-order chi connectivity index (χ0) is 15.5. The molecule has 2 heterocycles. The minimum atomic E-state index is -0.0591. The van der Waals surface area contributed by atoms with Crippen molar-refractivity contribution in [2.75, 3.05) is 14.2 Å². The van der Waals surface area contributed by atoms with E-state index in [0.29, 0.717) is 15.2 Å². The molecule has 5 nitrogen and oxygen atoms in total. The smallest absolute Gasteiger partial charge is 0.266 e. The van der Waals surface area contributed by atoms with Gasteiger partial charge in [-0.3, -0.25) is 9.69 Å². The Hall–Kier alpha value is -2.12. The molecule has 1 aromatic heterocycles. The molecule has 1 saturated heterocycles. The van der Waals surface area contributed by atoms with Gasteiger partial charge in [-0.1, -0.05) is 12.1 Å². The van der Waals surface area contributed by atoms with Crippen molar-refractivity contribution in [1.29, 1.82) is 0 Å². The lowest BCUT2D eigenvalue weighted by molar-refractivity contribution is -0.121. The van der Waals surface area contributed by atoms with E-state index in [9.17, 15) is 4.79 Å². The van der Waals surface area contributed by atoms with Crippen molar-refractivity contribution in [1.82, 2.24) is 9.88 Å². The van der Waals surface area contributed by atoms with Crippen molar-refractivity contribution in [3.63, 3.8) is 0 Å². The van der Waals surface area contributed by atoms with E-state index in [1.807, 2.05) is 35.7 Å². The number of carbonyl (C=O) groups is 1. The number of likely N-dealkylation sites (N-methyl/N-ethyl adjacent to an activating group) is 1. The van der Waals surface area contributed by atoms with Gasteiger partial charge in [0.2, 0.25) is 5.13 Å². The summed E-state index contributed by atoms with van der Waals surface area (Å²) in [4.78, 5) is 23.0. The molecule has 22 heavy (non-hydrogen) atoms. The minimum Gasteiger partial charge on any atom is -0.497 e. The van der Waals surface area contributed by atoms with Crippen LogP contribution >= 0.6 is 23.1 Å². The van der Waals surface area contributed by atoms with Gasteiger partial charge < -0.3 is 4.74 Å². The molecule has 3 rings (SSSR count). The predicted octanol–water partition coefficient (Wildman–Crippen LogP) is 3.39. The molecule has 1 aliphatic rings. The lowest BCUT2D eigenvalue weighted by Gasteiger charge is -2.05. The van der Waals surface area contributed by atoms with E-state index in [0.717, 1.165) is 11.3 Å². The number of amidine groups is 1. The molecule has 0 bridgehead atoms. The van der Waals surface area contributed by atoms with Crippen LogP contribution in [0.3, 0.4) is 0 Å². The van der Waals surface area contributed by atoms with Gasteiger partial charge in [-0.25, -0.2) is 4.98 Å². The number of carbonyl (C=O) groups excluding carboxylic acids is 1. The zero-order valence-corrected chi connectivity index (χ0v) is 13.6. The van der Waals surface area contributed by atoms with Crippen LogP contribution in [0.1, 0.15) is 5.56 Å². The average molecular weight is 331 g/mol. The van der Waals surface area contributed by atoms with Gasteiger partial charge in [0.15, 0.2) is 5.17 Å². The van der Waals surface area contributed by atoms with E-state index in [4.69, 9.17) is 4.74 Å². The van der Waals surface area contributed by atoms with Crippen LogP contribution in [0.5, 0.6) is 5.75 Å². The Kier molecular flexibility index (Phi) is 4.26. The normalized spacial score (nSPS) is 18.5. The molecule has 0 aliphatic carbocycles. The molecule has 7 heteroatoms. The standard InChI is InChI=1S/C15H13N3O2S2/c1-18-13(19)12(9-10-3-5-11(20-2)6-4-10)22-15(18)17-14-16-7-8-21-14/h3-9H,1-2H3/b12-9-,17-15+. The number of thiazole rings is 1. The third-order valence-corrected chi connectivity index (χ3v) is 4.75. The van der Waals surface area contributed by atoms with Crippen molar-refractivity contribution in [2.45, 2.75) is 0 Å². The molecule has 0 radical (unpaired) electrons. The molecule has 112 valence electrons. The van der Waals surface area contributed by atoms with Crippen molar-refractivity contribution in [3.8, 4) is 5.75 Å². The van der Waals surface area contributed by atoms with Gasteiger partial charge in [0.1, 0.15) is 5.75 Å². The van der Waals surface area contributed by atoms with E-state index in [2.05, 4.69) is 9.98 Å². The quantitative estimate of drug-likeness (QED) is 0.809. The Morgan fingerprint density at radius 1 is 1.32 bits per heavy atom. The van der Waals surface area contributed by atoms with Crippen molar-refractivity contribution < 1.29 is 9.53 Å². The number of methoxy groups -OCH3 is 1. The second kappa shape index (κ2) is 6.33. The molecule has 0 N–H and O–H groups in total. The lowest BCUT2D eigenvalue weighted by Crippen LogP contribution is -2.23. The molecule has 0 saturated carbocycles. The van der Waals surface area contributed by atoms with Gasteiger partial charge >= 0.3 is 0 Å². The number of nitrogens with zero attached hydrogens (tertiary/aromatic N) is 3. The topological polar surface area (TPSA) is 54.8 Å². The first-order chi connectivity index (χ1) is 10.7. The molecule has 1 aromatic carbocycles. The highest BCUT2D eigenvalue weighted by Crippen LogP contribution is 2.33. The van der Waals surface area contributed by atoms with Gasteiger partial charge in [0.25, 0.3) is 5.91 Å². The largest absolute Gasteiger partial charge is 0.497 e. The summed E-state index contributed by atoms with van der Waals surface area (Å²) < 4.78 is 5.13. The van der Waals surface area contributed by atoms with Gasteiger partial charge in [0.05, 0.1) is 12.0 Å². The summed E-state index contributed by atoms with van der Waals surface area (Å²) in [7, 11) is 3.34. The number of aromatic nitrogens is 1. The first kappa shape index (κ1) is 14.8. The fraction of sp³-hybridized carbons (Fsp3) is 0.133. The maximum Gasteiger partial charge on any atom is 0.266 e. The first-order valence-corrected chi connectivity index (χ1v) is 8.17. The van der Waals surface area contributed by atoms with Crippen molar-refractivity contribution in [2.24, 2.45) is 4.99 Å². The summed E-state index contributed by atoms with van der Waals surface area (Å²) in [5.74, 6) is 0.729. The van der Waals surface area contributed by atoms with E-state index in [1.54, 1.807) is 25.3 Å². The van der Waals surface area contributed by atoms with Gasteiger partial charge in [-0.05, 0) is 35.5 Å². The first-order valence-electron chi connectivity index (χ1n) is 6.47. The molecule has 0 atom stereocenters. The number of benzene rings is 1. The van der Waals surface area contributed by atoms with Crippen LogP contribution in [0.4, 0.5) is 5.13 Å². The van der Waals surface area contributed by atoms with Crippen LogP contribution in [0, 0.1) is 0 Å². The van der Waals surface area contributed by atoms with E-state index in [1.165, 1.54) is 23.1 Å². The highest BCUT2D eigenvalue weighted by atomic mass is 32.2. The highest BCUT2D eigenvalue weighted by molar-refractivity contribution is 8.18. The zero-order valence-electron chi connectivity index (χ0n) is 12.0. The Morgan fingerprint density at radius 3 is 2.73 bits per heavy atom. The molecule has 2 aromatic rings. The molecule has 1 amide bonds. The molecular formula is C15H13N3O2S2. The Bertz CT molecular complexity index is 737. The number of aliphatic imine (C=N–C) groups is 1. The highest BCUT2D eigenvalue weighted by Gasteiger charge is 2.30. The summed E-state index contributed by atoms with van der Waals surface area (Å²) in [5.41, 5.74) is 0.945. The van der Waals surface area contributed by atoms with Gasteiger partial charge in [-0.15, -0.1) is 11.3 Å². The van der Waals surface area contributed by atoms with Crippen LogP contribution in [-0.2, 0) is 4.79 Å². The van der Waals surface area contributed by atoms with E-state index < -0.39 is 0 Å². The number of hydrogen-bond acceptors (Lipinski definition) is 6. The Morgan fingerprint density at radius 2 is 2.09 bits per heavy atom. The summed E-state index contributed by atoms with van der Waals surface area (Å²) in [5, 5.41) is 3.14. The van der Waals surface area contributed by atoms with E-state index in [-0.39, 0.29) is 5.91 Å². The number of thioether (sulfide) groups is 1. The van der Waals surface area contributed by atoms with Crippen LogP contribution < -0.4 is 4.74 Å². The maximum atomic E-state index is 12.3. The summed E-state index contributed by atoms with van der Waals surface area (Å²) in [6.45, 7) is 0. The fourth-order valence-corrected chi connectivity index (χ4v) is 3.39. The van der Waals surface area contributed by atoms with E-state index >= 15 is 0 Å². The Balaban J connectivity index is 1.85. The third-order valence-electron chi connectivity index (χ3n) is 3.03. The van der Waals surface area contributed by atoms with Crippen LogP contribution in [-0.4, -0.2) is 35.1 Å². The summed E-state index contributed by atoms with van der Waals surface area (Å²) in [6.07, 6.45) is 3.55. The fourth-order valence-electron chi connectivity index (χ4n) is 1.86. The van der Waals surface area contributed by atoms with Gasteiger partial charge in [0, 0.05) is 18.6 Å². The number of rotatable bonds is 3. The molecule has 1 aliphatic heterocycles. The molecule has 0 spiro atoms. The van der Waals surface area contributed by atoms with Crippen LogP contribution in [0.2, 0.25) is 0 Å². The van der Waals surface area contributed by atoms with Crippen LogP contribution in [0.15, 0.2) is 45.7 Å². The third kappa shape index (κ3) is 3.05.